The molecule has 0 fully saturated rings. The van der Waals surface area contributed by atoms with Crippen molar-refractivity contribution < 1.29 is 36.6 Å². The number of nitrogens with two attached hydrogens (primary N) is 1. The third-order valence-corrected chi connectivity index (χ3v) is 5.07. The topological polar surface area (TPSA) is 131 Å². The largest absolute Gasteiger partial charge is 0.480 e. The average molecular weight is 370 g/mol. The van der Waals surface area contributed by atoms with E-state index in [1.165, 1.54) is 12.1 Å². The van der Waals surface area contributed by atoms with Crippen LogP contribution in [0.5, 0.6) is 0 Å². The third kappa shape index (κ3) is 5.14. The van der Waals surface area contributed by atoms with Gasteiger partial charge < -0.3 is 15.9 Å². The predicted molar refractivity (Wildman–Crippen MR) is 77.7 cm³/mol. The Labute approximate surface area is 136 Å². The van der Waals surface area contributed by atoms with Crippen LogP contribution in [-0.4, -0.2) is 53.3 Å². The van der Waals surface area contributed by atoms with Gasteiger partial charge in [0.05, 0.1) is 17.2 Å². The second-order valence-corrected chi connectivity index (χ2v) is 7.51. The number of carboxylic acid groups (broad SMARTS) is 1. The number of carboxylic acids is 1. The van der Waals surface area contributed by atoms with Crippen molar-refractivity contribution in [3.8, 4) is 0 Å². The summed E-state index contributed by atoms with van der Waals surface area (Å²) in [4.78, 5) is 14.0. The molecule has 0 aromatic carbocycles. The summed E-state index contributed by atoms with van der Waals surface area (Å²) in [5.41, 5.74) is 1.03. The Morgan fingerprint density at radius 3 is 2.38 bits per heavy atom. The second-order valence-electron chi connectivity index (χ2n) is 5.21. The number of rotatable bonds is 8. The maximum absolute atomic E-state index is 13.2. The molecule has 0 radical (unpaired) electrons. The van der Waals surface area contributed by atoms with E-state index in [0.29, 0.717) is 0 Å². The Balaban J connectivity index is 2.88. The van der Waals surface area contributed by atoms with Crippen molar-refractivity contribution in [1.82, 2.24) is 4.98 Å². The number of nitrogens with zero attached hydrogens (tertiary/aromatic N) is 1. The molecule has 2 atom stereocenters. The predicted octanol–water partition coefficient (Wildman–Crippen LogP) is 0.438. The molecule has 136 valence electrons. The summed E-state index contributed by atoms with van der Waals surface area (Å²) in [7, 11) is -4.04. The molecule has 1 rings (SSSR count). The van der Waals surface area contributed by atoms with Gasteiger partial charge in [0.15, 0.2) is 9.84 Å². The quantitative estimate of drug-likeness (QED) is 0.605. The van der Waals surface area contributed by atoms with E-state index >= 15 is 0 Å². The molecule has 0 amide bonds. The molecule has 0 aliphatic heterocycles. The molecule has 4 N–H and O–H groups in total. The number of hydrogen-bond donors (Lipinski definition) is 3. The first-order chi connectivity index (χ1) is 10.9. The summed E-state index contributed by atoms with van der Waals surface area (Å²) in [5.74, 6) is -3.10. The number of carbonyl (C=O) groups is 1. The van der Waals surface area contributed by atoms with Gasteiger partial charge in [-0.2, -0.15) is 13.2 Å². The third-order valence-electron chi connectivity index (χ3n) is 3.39. The van der Waals surface area contributed by atoms with Crippen LogP contribution in [-0.2, 0) is 20.2 Å². The van der Waals surface area contributed by atoms with Gasteiger partial charge in [-0.25, -0.2) is 8.42 Å². The molecule has 24 heavy (non-hydrogen) atoms. The Morgan fingerprint density at radius 1 is 1.29 bits per heavy atom. The highest BCUT2D eigenvalue weighted by Gasteiger charge is 2.56. The van der Waals surface area contributed by atoms with E-state index in [1.807, 2.05) is 0 Å². The van der Waals surface area contributed by atoms with E-state index in [-0.39, 0.29) is 0 Å². The van der Waals surface area contributed by atoms with Crippen molar-refractivity contribution >= 4 is 15.8 Å². The molecule has 11 heteroatoms. The molecule has 0 spiro atoms. The molecule has 1 heterocycles. The van der Waals surface area contributed by atoms with Crippen molar-refractivity contribution in [3.05, 3.63) is 30.1 Å². The van der Waals surface area contributed by atoms with Crippen LogP contribution in [0.3, 0.4) is 0 Å². The van der Waals surface area contributed by atoms with Crippen LogP contribution in [0.1, 0.15) is 18.5 Å². The lowest BCUT2D eigenvalue weighted by atomic mass is 9.95. The summed E-state index contributed by atoms with van der Waals surface area (Å²) in [6, 6.07) is 2.10. The van der Waals surface area contributed by atoms with Gasteiger partial charge in [0.1, 0.15) is 6.04 Å². The van der Waals surface area contributed by atoms with Gasteiger partial charge in [0.25, 0.3) is 0 Å². The minimum atomic E-state index is -5.13. The van der Waals surface area contributed by atoms with Crippen molar-refractivity contribution in [2.75, 3.05) is 11.5 Å². The van der Waals surface area contributed by atoms with Gasteiger partial charge in [-0.15, -0.1) is 0 Å². The molecule has 0 bridgehead atoms. The zero-order chi connectivity index (χ0) is 18.6. The standard InChI is InChI=1S/C13H17F3N2O5S/c14-13(15,16)12(21,10-3-1-2-6-18-10)5-8-24(22,23)7-4-9(17)11(19)20/h1-3,6,9,21H,4-5,7-8,17H2,(H,19,20). The van der Waals surface area contributed by atoms with Gasteiger partial charge >= 0.3 is 12.1 Å². The molecule has 0 aliphatic carbocycles. The molecule has 0 saturated heterocycles. The van der Waals surface area contributed by atoms with Crippen LogP contribution in [0.4, 0.5) is 13.2 Å². The lowest BCUT2D eigenvalue weighted by Gasteiger charge is -2.29. The molecule has 7 nitrogen and oxygen atoms in total. The van der Waals surface area contributed by atoms with Gasteiger partial charge in [0.2, 0.25) is 5.60 Å². The Morgan fingerprint density at radius 2 is 1.92 bits per heavy atom. The smallest absolute Gasteiger partial charge is 0.423 e. The Bertz CT molecular complexity index is 666. The van der Waals surface area contributed by atoms with Crippen LogP contribution in [0.15, 0.2) is 24.4 Å². The maximum Gasteiger partial charge on any atom is 0.423 e. The SMILES string of the molecule is NC(CCS(=O)(=O)CCC(O)(c1ccccn1)C(F)(F)F)C(=O)O. The van der Waals surface area contributed by atoms with Crippen LogP contribution < -0.4 is 5.73 Å². The fourth-order valence-corrected chi connectivity index (χ4v) is 3.28. The highest BCUT2D eigenvalue weighted by atomic mass is 32.2. The minimum absolute atomic E-state index is 0.439. The molecule has 2 unspecified atom stereocenters. The van der Waals surface area contributed by atoms with E-state index in [2.05, 4.69) is 4.98 Å². The van der Waals surface area contributed by atoms with Gasteiger partial charge in [0, 0.05) is 12.6 Å². The number of hydrogen-bond acceptors (Lipinski definition) is 6. The molecular weight excluding hydrogens is 353 g/mol. The average Bonchev–Trinajstić information content (AvgIpc) is 2.50. The zero-order valence-corrected chi connectivity index (χ0v) is 13.2. The zero-order valence-electron chi connectivity index (χ0n) is 12.4. The number of alkyl halides is 3. The fourth-order valence-electron chi connectivity index (χ4n) is 1.86. The molecular formula is C13H17F3N2O5S. The van der Waals surface area contributed by atoms with Gasteiger partial charge in [-0.1, -0.05) is 6.07 Å². The summed E-state index contributed by atoms with van der Waals surface area (Å²) < 4.78 is 63.2. The maximum atomic E-state index is 13.2. The number of aromatic nitrogens is 1. The molecule has 0 saturated carbocycles. The number of aliphatic carboxylic acids is 1. The number of sulfone groups is 1. The first kappa shape index (κ1) is 20.3. The summed E-state index contributed by atoms with van der Waals surface area (Å²) in [5, 5.41) is 18.6. The highest BCUT2D eigenvalue weighted by Crippen LogP contribution is 2.40. The first-order valence-electron chi connectivity index (χ1n) is 6.78. The van der Waals surface area contributed by atoms with E-state index in [0.717, 1.165) is 12.3 Å². The lowest BCUT2D eigenvalue weighted by Crippen LogP contribution is -2.44. The second kappa shape index (κ2) is 7.45. The van der Waals surface area contributed by atoms with Crippen LogP contribution in [0, 0.1) is 0 Å². The summed E-state index contributed by atoms with van der Waals surface area (Å²) in [6.45, 7) is 0. The number of pyridine rings is 1. The van der Waals surface area contributed by atoms with Crippen molar-refractivity contribution in [3.63, 3.8) is 0 Å². The Hall–Kier alpha value is -1.72. The fraction of sp³-hybridized carbons (Fsp3) is 0.538. The van der Waals surface area contributed by atoms with Gasteiger partial charge in [-0.05, 0) is 18.6 Å². The number of halogens is 3. The van der Waals surface area contributed by atoms with E-state index < -0.39 is 63.7 Å². The summed E-state index contributed by atoms with van der Waals surface area (Å²) in [6.07, 6.45) is -5.68. The van der Waals surface area contributed by atoms with E-state index in [4.69, 9.17) is 10.8 Å². The monoisotopic (exact) mass is 370 g/mol. The van der Waals surface area contributed by atoms with Crippen LogP contribution >= 0.6 is 0 Å². The van der Waals surface area contributed by atoms with Gasteiger partial charge in [-0.3, -0.25) is 9.78 Å². The van der Waals surface area contributed by atoms with Crippen molar-refractivity contribution in [2.45, 2.75) is 30.7 Å². The summed E-state index contributed by atoms with van der Waals surface area (Å²) >= 11 is 0. The molecule has 0 aliphatic rings. The Kier molecular flexibility index (Phi) is 6.31. The lowest BCUT2D eigenvalue weighted by molar-refractivity contribution is -0.268. The normalized spacial score (nSPS) is 16.4. The molecule has 1 aromatic rings. The van der Waals surface area contributed by atoms with E-state index in [9.17, 15) is 31.5 Å². The van der Waals surface area contributed by atoms with Crippen molar-refractivity contribution in [2.24, 2.45) is 5.73 Å². The first-order valence-corrected chi connectivity index (χ1v) is 8.60. The highest BCUT2D eigenvalue weighted by molar-refractivity contribution is 7.91. The minimum Gasteiger partial charge on any atom is -0.480 e. The van der Waals surface area contributed by atoms with Crippen LogP contribution in [0.25, 0.3) is 0 Å². The van der Waals surface area contributed by atoms with Crippen molar-refractivity contribution in [1.29, 1.82) is 0 Å². The van der Waals surface area contributed by atoms with E-state index in [1.54, 1.807) is 0 Å². The number of aliphatic hydroxyl groups is 1. The van der Waals surface area contributed by atoms with Crippen LogP contribution in [0.2, 0.25) is 0 Å². The molecule has 1 aromatic heterocycles.